The van der Waals surface area contributed by atoms with E-state index in [1.807, 2.05) is 14.1 Å². The van der Waals surface area contributed by atoms with E-state index in [2.05, 4.69) is 25.7 Å². The molecule has 0 bridgehead atoms. The highest BCUT2D eigenvalue weighted by atomic mass is 16.2. The van der Waals surface area contributed by atoms with Crippen LogP contribution in [0, 0.1) is 0 Å². The number of rotatable bonds is 3. The molecule has 1 aliphatic heterocycles. The molecule has 9 heteroatoms. The van der Waals surface area contributed by atoms with Gasteiger partial charge in [-0.15, -0.1) is 0 Å². The lowest BCUT2D eigenvalue weighted by atomic mass is 10.4. The van der Waals surface area contributed by atoms with Crippen LogP contribution < -0.4 is 26.4 Å². The number of piperazine rings is 1. The van der Waals surface area contributed by atoms with E-state index in [0.717, 1.165) is 0 Å². The van der Waals surface area contributed by atoms with Gasteiger partial charge in [0.2, 0.25) is 23.8 Å². The van der Waals surface area contributed by atoms with Gasteiger partial charge in [0.1, 0.15) is 0 Å². The van der Waals surface area contributed by atoms with Crippen LogP contribution in [-0.2, 0) is 4.79 Å². The number of nitrogens with zero attached hydrogens (tertiary/aromatic N) is 5. The molecule has 0 aliphatic carbocycles. The van der Waals surface area contributed by atoms with Crippen molar-refractivity contribution in [3.05, 3.63) is 0 Å². The van der Waals surface area contributed by atoms with Crippen LogP contribution in [0.4, 0.5) is 17.8 Å². The number of carbonyl (C=O) groups is 1. The zero-order valence-corrected chi connectivity index (χ0v) is 10.3. The van der Waals surface area contributed by atoms with Gasteiger partial charge in [0, 0.05) is 27.2 Å². The second-order valence-corrected chi connectivity index (χ2v) is 4.07. The number of nitrogens with two attached hydrogens (primary N) is 1. The molecule has 1 aliphatic rings. The van der Waals surface area contributed by atoms with Crippen LogP contribution in [-0.4, -0.2) is 54.6 Å². The van der Waals surface area contributed by atoms with E-state index >= 15 is 0 Å². The second-order valence-electron chi connectivity index (χ2n) is 4.07. The number of nitrogen functional groups attached to an aromatic ring is 1. The molecule has 2 rings (SSSR count). The van der Waals surface area contributed by atoms with Crippen molar-refractivity contribution in [3.63, 3.8) is 0 Å². The number of aromatic nitrogens is 3. The summed E-state index contributed by atoms with van der Waals surface area (Å²) < 4.78 is 0. The number of nitrogens with one attached hydrogen (secondary N) is 2. The molecule has 1 aromatic rings. The predicted octanol–water partition coefficient (Wildman–Crippen LogP) is -1.84. The summed E-state index contributed by atoms with van der Waals surface area (Å²) in [5.74, 6) is 6.48. The van der Waals surface area contributed by atoms with E-state index in [1.165, 1.54) is 0 Å². The normalized spacial score (nSPS) is 15.3. The van der Waals surface area contributed by atoms with Crippen LogP contribution in [0.15, 0.2) is 0 Å². The molecule has 0 saturated carbocycles. The Morgan fingerprint density at radius 3 is 2.78 bits per heavy atom. The maximum absolute atomic E-state index is 11.3. The fourth-order valence-electron chi connectivity index (χ4n) is 1.57. The summed E-state index contributed by atoms with van der Waals surface area (Å²) in [4.78, 5) is 27.4. The highest BCUT2D eigenvalue weighted by Gasteiger charge is 2.20. The lowest BCUT2D eigenvalue weighted by Gasteiger charge is -2.27. The Kier molecular flexibility index (Phi) is 3.42. The molecule has 1 aromatic heterocycles. The van der Waals surface area contributed by atoms with Crippen molar-refractivity contribution in [1.29, 1.82) is 0 Å². The number of hydrogen-bond donors (Lipinski definition) is 3. The van der Waals surface area contributed by atoms with Crippen molar-refractivity contribution in [2.24, 2.45) is 5.84 Å². The largest absolute Gasteiger partial charge is 0.353 e. The topological polar surface area (TPSA) is 112 Å². The zero-order valence-electron chi connectivity index (χ0n) is 10.3. The van der Waals surface area contributed by atoms with Gasteiger partial charge in [0.15, 0.2) is 0 Å². The van der Waals surface area contributed by atoms with Crippen LogP contribution in [0.2, 0.25) is 0 Å². The minimum Gasteiger partial charge on any atom is -0.353 e. The Labute approximate surface area is 104 Å². The van der Waals surface area contributed by atoms with E-state index < -0.39 is 0 Å². The molecule has 1 saturated heterocycles. The highest BCUT2D eigenvalue weighted by Crippen LogP contribution is 2.15. The third-order valence-corrected chi connectivity index (χ3v) is 2.46. The summed E-state index contributed by atoms with van der Waals surface area (Å²) in [6.07, 6.45) is 0. The molecule has 18 heavy (non-hydrogen) atoms. The fourth-order valence-corrected chi connectivity index (χ4v) is 1.57. The van der Waals surface area contributed by atoms with Gasteiger partial charge in [0.05, 0.1) is 6.54 Å². The number of hydrogen-bond acceptors (Lipinski definition) is 8. The number of amides is 1. The summed E-state index contributed by atoms with van der Waals surface area (Å²) in [6, 6.07) is 0. The molecule has 1 amide bonds. The van der Waals surface area contributed by atoms with Gasteiger partial charge < -0.3 is 15.1 Å². The minimum atomic E-state index is -0.0460. The number of carbonyl (C=O) groups excluding carboxylic acids is 1. The molecule has 4 N–H and O–H groups in total. The summed E-state index contributed by atoms with van der Waals surface area (Å²) in [7, 11) is 3.64. The molecular weight excluding hydrogens is 236 g/mol. The van der Waals surface area contributed by atoms with Crippen molar-refractivity contribution in [2.45, 2.75) is 0 Å². The van der Waals surface area contributed by atoms with E-state index in [1.54, 1.807) is 9.80 Å². The van der Waals surface area contributed by atoms with Gasteiger partial charge >= 0.3 is 0 Å². The Hall–Kier alpha value is -2.16. The van der Waals surface area contributed by atoms with E-state index in [0.29, 0.717) is 25.0 Å². The van der Waals surface area contributed by atoms with Crippen molar-refractivity contribution in [3.8, 4) is 0 Å². The first-order valence-electron chi connectivity index (χ1n) is 5.52. The molecule has 9 nitrogen and oxygen atoms in total. The average Bonchev–Trinajstić information content (AvgIpc) is 2.38. The standard InChI is InChI=1S/C9H16N8O/c1-16(2)8-12-7(15-10)13-9(14-8)17-4-3-11-6(18)5-17/h3-5,10H2,1-2H3,(H,11,18)(H,12,13,14,15). The van der Waals surface area contributed by atoms with Gasteiger partial charge in [0.25, 0.3) is 0 Å². The molecule has 0 atom stereocenters. The van der Waals surface area contributed by atoms with Gasteiger partial charge in [-0.25, -0.2) is 5.84 Å². The monoisotopic (exact) mass is 252 g/mol. The SMILES string of the molecule is CN(C)c1nc(NN)nc(N2CCNC(=O)C2)n1. The molecule has 2 heterocycles. The van der Waals surface area contributed by atoms with Crippen LogP contribution in [0.3, 0.4) is 0 Å². The van der Waals surface area contributed by atoms with Gasteiger partial charge in [-0.1, -0.05) is 0 Å². The maximum Gasteiger partial charge on any atom is 0.243 e. The van der Waals surface area contributed by atoms with E-state index in [4.69, 9.17) is 5.84 Å². The summed E-state index contributed by atoms with van der Waals surface area (Å²) >= 11 is 0. The Morgan fingerprint density at radius 2 is 2.17 bits per heavy atom. The van der Waals surface area contributed by atoms with Crippen molar-refractivity contribution in [1.82, 2.24) is 20.3 Å². The molecule has 98 valence electrons. The number of hydrazine groups is 1. The van der Waals surface area contributed by atoms with E-state index in [-0.39, 0.29) is 18.4 Å². The third kappa shape index (κ3) is 2.56. The van der Waals surface area contributed by atoms with E-state index in [9.17, 15) is 4.79 Å². The molecule has 0 aromatic carbocycles. The van der Waals surface area contributed by atoms with Crippen molar-refractivity contribution in [2.75, 3.05) is 49.0 Å². The van der Waals surface area contributed by atoms with Gasteiger partial charge in [-0.2, -0.15) is 15.0 Å². The second kappa shape index (κ2) is 5.00. The lowest BCUT2D eigenvalue weighted by Crippen LogP contribution is -2.48. The quantitative estimate of drug-likeness (QED) is 0.425. The molecule has 0 unspecified atom stereocenters. The first-order valence-corrected chi connectivity index (χ1v) is 5.52. The lowest BCUT2D eigenvalue weighted by molar-refractivity contribution is -0.120. The van der Waals surface area contributed by atoms with Crippen LogP contribution >= 0.6 is 0 Å². The van der Waals surface area contributed by atoms with Gasteiger partial charge in [-0.05, 0) is 0 Å². The van der Waals surface area contributed by atoms with Crippen LogP contribution in [0.5, 0.6) is 0 Å². The maximum atomic E-state index is 11.3. The summed E-state index contributed by atoms with van der Waals surface area (Å²) in [5.41, 5.74) is 2.40. The average molecular weight is 252 g/mol. The number of anilines is 3. The van der Waals surface area contributed by atoms with Crippen molar-refractivity contribution < 1.29 is 4.79 Å². The minimum absolute atomic E-state index is 0.0460. The zero-order chi connectivity index (χ0) is 13.1. The van der Waals surface area contributed by atoms with Crippen molar-refractivity contribution >= 4 is 23.8 Å². The first kappa shape index (κ1) is 12.3. The Morgan fingerprint density at radius 1 is 1.39 bits per heavy atom. The Bertz CT molecular complexity index is 448. The summed E-state index contributed by atoms with van der Waals surface area (Å²) in [6.45, 7) is 1.47. The molecule has 0 radical (unpaired) electrons. The highest BCUT2D eigenvalue weighted by molar-refractivity contribution is 5.82. The first-order chi connectivity index (χ1) is 8.60. The predicted molar refractivity (Wildman–Crippen MR) is 67.2 cm³/mol. The molecule has 0 spiro atoms. The van der Waals surface area contributed by atoms with Crippen LogP contribution in [0.1, 0.15) is 0 Å². The molecular formula is C9H16N8O. The van der Waals surface area contributed by atoms with Gasteiger partial charge in [-0.3, -0.25) is 10.2 Å². The molecule has 1 fully saturated rings. The summed E-state index contributed by atoms with van der Waals surface area (Å²) in [5, 5.41) is 2.75. The Balaban J connectivity index is 2.30. The smallest absolute Gasteiger partial charge is 0.243 e. The van der Waals surface area contributed by atoms with Crippen LogP contribution in [0.25, 0.3) is 0 Å². The fraction of sp³-hybridized carbons (Fsp3) is 0.556. The third-order valence-electron chi connectivity index (χ3n) is 2.46.